The van der Waals surface area contributed by atoms with Gasteiger partial charge in [0, 0.05) is 18.5 Å². The number of carbonyl (C=O) groups is 1. The Labute approximate surface area is 113 Å². The second-order valence-corrected chi connectivity index (χ2v) is 5.52. The number of aliphatic hydroxyl groups is 1. The SMILES string of the molecule is Cc1ccccc1SCC(=O)N(C)CCC(C)O. The zero-order valence-corrected chi connectivity index (χ0v) is 12.0. The minimum Gasteiger partial charge on any atom is -0.393 e. The zero-order valence-electron chi connectivity index (χ0n) is 11.2. The highest BCUT2D eigenvalue weighted by Gasteiger charge is 2.10. The molecule has 1 N–H and O–H groups in total. The average molecular weight is 267 g/mol. The van der Waals surface area contributed by atoms with Crippen LogP contribution in [0.25, 0.3) is 0 Å². The molecule has 0 aromatic heterocycles. The fourth-order valence-corrected chi connectivity index (χ4v) is 2.44. The van der Waals surface area contributed by atoms with E-state index in [2.05, 4.69) is 0 Å². The molecule has 1 unspecified atom stereocenters. The molecule has 4 heteroatoms. The number of nitrogens with zero attached hydrogens (tertiary/aromatic N) is 1. The van der Waals surface area contributed by atoms with Gasteiger partial charge < -0.3 is 10.0 Å². The number of hydrogen-bond acceptors (Lipinski definition) is 3. The Hall–Kier alpha value is -1.00. The molecule has 1 aromatic rings. The molecule has 0 aliphatic heterocycles. The molecule has 0 aliphatic rings. The predicted octanol–water partition coefficient (Wildman–Crippen LogP) is 2.32. The van der Waals surface area contributed by atoms with E-state index in [9.17, 15) is 9.90 Å². The Bertz CT molecular complexity index is 393. The van der Waals surface area contributed by atoms with Crippen molar-refractivity contribution < 1.29 is 9.90 Å². The second-order valence-electron chi connectivity index (χ2n) is 4.51. The highest BCUT2D eigenvalue weighted by Crippen LogP contribution is 2.21. The Balaban J connectivity index is 2.39. The van der Waals surface area contributed by atoms with E-state index in [1.807, 2.05) is 31.2 Å². The lowest BCUT2D eigenvalue weighted by molar-refractivity contribution is -0.127. The molecular weight excluding hydrogens is 246 g/mol. The minimum atomic E-state index is -0.357. The van der Waals surface area contributed by atoms with Crippen molar-refractivity contribution in [2.45, 2.75) is 31.3 Å². The maximum Gasteiger partial charge on any atom is 0.232 e. The molecule has 100 valence electrons. The van der Waals surface area contributed by atoms with Crippen LogP contribution in [0.5, 0.6) is 0 Å². The fraction of sp³-hybridized carbons (Fsp3) is 0.500. The van der Waals surface area contributed by atoms with E-state index in [0.29, 0.717) is 18.7 Å². The minimum absolute atomic E-state index is 0.101. The summed E-state index contributed by atoms with van der Waals surface area (Å²) < 4.78 is 0. The van der Waals surface area contributed by atoms with Crippen molar-refractivity contribution in [2.75, 3.05) is 19.3 Å². The van der Waals surface area contributed by atoms with Crippen molar-refractivity contribution in [1.29, 1.82) is 0 Å². The molecule has 0 aliphatic carbocycles. The van der Waals surface area contributed by atoms with Gasteiger partial charge in [-0.1, -0.05) is 18.2 Å². The number of benzene rings is 1. The van der Waals surface area contributed by atoms with E-state index in [1.54, 1.807) is 30.6 Å². The summed E-state index contributed by atoms with van der Waals surface area (Å²) in [6.45, 7) is 4.38. The lowest BCUT2D eigenvalue weighted by Gasteiger charge is -2.18. The van der Waals surface area contributed by atoms with Gasteiger partial charge in [0.1, 0.15) is 0 Å². The maximum atomic E-state index is 11.9. The number of rotatable bonds is 6. The molecule has 18 heavy (non-hydrogen) atoms. The molecule has 0 spiro atoms. The number of amides is 1. The van der Waals surface area contributed by atoms with E-state index in [0.717, 1.165) is 4.90 Å². The second kappa shape index (κ2) is 7.44. The van der Waals surface area contributed by atoms with Crippen LogP contribution in [0.4, 0.5) is 0 Å². The summed E-state index contributed by atoms with van der Waals surface area (Å²) in [5.74, 6) is 0.546. The third-order valence-corrected chi connectivity index (χ3v) is 3.91. The summed E-state index contributed by atoms with van der Waals surface area (Å²) in [6, 6.07) is 8.06. The van der Waals surface area contributed by atoms with Gasteiger partial charge in [0.05, 0.1) is 11.9 Å². The summed E-state index contributed by atoms with van der Waals surface area (Å²) in [5, 5.41) is 9.18. The standard InChI is InChI=1S/C14H21NO2S/c1-11-6-4-5-7-13(11)18-10-14(17)15(3)9-8-12(2)16/h4-7,12,16H,8-10H2,1-3H3. The average Bonchev–Trinajstić information content (AvgIpc) is 2.34. The summed E-state index contributed by atoms with van der Waals surface area (Å²) in [6.07, 6.45) is 0.265. The van der Waals surface area contributed by atoms with E-state index in [1.165, 1.54) is 5.56 Å². The first kappa shape index (κ1) is 15.1. The highest BCUT2D eigenvalue weighted by molar-refractivity contribution is 8.00. The first-order valence-electron chi connectivity index (χ1n) is 6.11. The number of hydrogen-bond donors (Lipinski definition) is 1. The molecule has 0 heterocycles. The molecule has 0 saturated carbocycles. The van der Waals surface area contributed by atoms with Gasteiger partial charge in [0.2, 0.25) is 5.91 Å². The van der Waals surface area contributed by atoms with Crippen LogP contribution in [0.2, 0.25) is 0 Å². The Morgan fingerprint density at radius 3 is 2.72 bits per heavy atom. The molecule has 0 bridgehead atoms. The van der Waals surface area contributed by atoms with E-state index in [-0.39, 0.29) is 12.0 Å². The molecule has 1 aromatic carbocycles. The van der Waals surface area contributed by atoms with Crippen LogP contribution >= 0.6 is 11.8 Å². The van der Waals surface area contributed by atoms with Crippen molar-refractivity contribution in [2.24, 2.45) is 0 Å². The van der Waals surface area contributed by atoms with Gasteiger partial charge in [0.15, 0.2) is 0 Å². The van der Waals surface area contributed by atoms with Crippen LogP contribution in [-0.2, 0) is 4.79 Å². The van der Waals surface area contributed by atoms with Crippen molar-refractivity contribution in [1.82, 2.24) is 4.90 Å². The lowest BCUT2D eigenvalue weighted by Crippen LogP contribution is -2.30. The molecule has 1 amide bonds. The quantitative estimate of drug-likeness (QED) is 0.804. The Morgan fingerprint density at radius 1 is 1.44 bits per heavy atom. The molecule has 1 atom stereocenters. The zero-order chi connectivity index (χ0) is 13.5. The largest absolute Gasteiger partial charge is 0.393 e. The smallest absolute Gasteiger partial charge is 0.232 e. The van der Waals surface area contributed by atoms with Crippen LogP contribution in [-0.4, -0.2) is 41.4 Å². The summed E-state index contributed by atoms with van der Waals surface area (Å²) in [4.78, 5) is 14.7. The number of carbonyl (C=O) groups excluding carboxylic acids is 1. The first-order chi connectivity index (χ1) is 8.50. The first-order valence-corrected chi connectivity index (χ1v) is 7.09. The lowest BCUT2D eigenvalue weighted by atomic mass is 10.2. The van der Waals surface area contributed by atoms with Crippen LogP contribution < -0.4 is 0 Å². The monoisotopic (exact) mass is 267 g/mol. The van der Waals surface area contributed by atoms with Crippen molar-refractivity contribution >= 4 is 17.7 Å². The van der Waals surface area contributed by atoms with Crippen LogP contribution in [0, 0.1) is 6.92 Å². The summed E-state index contributed by atoms with van der Waals surface area (Å²) in [5.41, 5.74) is 1.20. The van der Waals surface area contributed by atoms with Gasteiger partial charge >= 0.3 is 0 Å². The molecule has 1 rings (SSSR count). The maximum absolute atomic E-state index is 11.9. The van der Waals surface area contributed by atoms with Crippen molar-refractivity contribution in [3.8, 4) is 0 Å². The summed E-state index contributed by atoms with van der Waals surface area (Å²) in [7, 11) is 1.78. The van der Waals surface area contributed by atoms with Crippen LogP contribution in [0.3, 0.4) is 0 Å². The third kappa shape index (κ3) is 5.10. The van der Waals surface area contributed by atoms with Gasteiger partial charge in [-0.15, -0.1) is 11.8 Å². The Morgan fingerprint density at radius 2 is 2.11 bits per heavy atom. The molecule has 3 nitrogen and oxygen atoms in total. The van der Waals surface area contributed by atoms with Crippen LogP contribution in [0.15, 0.2) is 29.2 Å². The topological polar surface area (TPSA) is 40.5 Å². The van der Waals surface area contributed by atoms with Gasteiger partial charge in [-0.3, -0.25) is 4.79 Å². The number of aryl methyl sites for hydroxylation is 1. The van der Waals surface area contributed by atoms with Crippen LogP contribution in [0.1, 0.15) is 18.9 Å². The summed E-state index contributed by atoms with van der Waals surface area (Å²) >= 11 is 1.56. The molecule has 0 radical (unpaired) electrons. The molecule has 0 fully saturated rings. The van der Waals surface area contributed by atoms with E-state index >= 15 is 0 Å². The fourth-order valence-electron chi connectivity index (χ4n) is 1.47. The molecule has 0 saturated heterocycles. The molecular formula is C14H21NO2S. The highest BCUT2D eigenvalue weighted by atomic mass is 32.2. The van der Waals surface area contributed by atoms with Gasteiger partial charge in [-0.2, -0.15) is 0 Å². The number of thioether (sulfide) groups is 1. The van der Waals surface area contributed by atoms with Crippen molar-refractivity contribution in [3.63, 3.8) is 0 Å². The van der Waals surface area contributed by atoms with Gasteiger partial charge in [-0.25, -0.2) is 0 Å². The van der Waals surface area contributed by atoms with Gasteiger partial charge in [-0.05, 0) is 31.9 Å². The third-order valence-electron chi connectivity index (χ3n) is 2.75. The van der Waals surface area contributed by atoms with E-state index in [4.69, 9.17) is 0 Å². The normalized spacial score (nSPS) is 12.2. The van der Waals surface area contributed by atoms with E-state index < -0.39 is 0 Å². The predicted molar refractivity (Wildman–Crippen MR) is 75.8 cm³/mol. The van der Waals surface area contributed by atoms with Crippen molar-refractivity contribution in [3.05, 3.63) is 29.8 Å². The number of aliphatic hydroxyl groups excluding tert-OH is 1. The van der Waals surface area contributed by atoms with Gasteiger partial charge in [0.25, 0.3) is 0 Å². The Kier molecular flexibility index (Phi) is 6.22.